The SMILES string of the molecule is Cc1cc(S(=O)(=O)F)cs1. The van der Waals surface area contributed by atoms with Crippen LogP contribution < -0.4 is 0 Å². The summed E-state index contributed by atoms with van der Waals surface area (Å²) in [6.07, 6.45) is 0. The molecule has 56 valence electrons. The highest BCUT2D eigenvalue weighted by molar-refractivity contribution is 7.86. The summed E-state index contributed by atoms with van der Waals surface area (Å²) in [5.74, 6) is 0. The molecule has 0 spiro atoms. The zero-order valence-corrected chi connectivity index (χ0v) is 6.80. The van der Waals surface area contributed by atoms with E-state index < -0.39 is 10.2 Å². The maximum absolute atomic E-state index is 12.1. The smallest absolute Gasteiger partial charge is 0.189 e. The molecule has 0 amide bonds. The van der Waals surface area contributed by atoms with E-state index in [-0.39, 0.29) is 4.90 Å². The lowest BCUT2D eigenvalue weighted by molar-refractivity contribution is 0.552. The van der Waals surface area contributed by atoms with Gasteiger partial charge < -0.3 is 0 Å². The third-order valence-corrected chi connectivity index (χ3v) is 2.80. The molecule has 0 aromatic carbocycles. The Balaban J connectivity index is 3.21. The summed E-state index contributed by atoms with van der Waals surface area (Å²) in [6, 6.07) is 1.31. The largest absolute Gasteiger partial charge is 0.332 e. The summed E-state index contributed by atoms with van der Waals surface area (Å²) in [6.45, 7) is 1.72. The highest BCUT2D eigenvalue weighted by Gasteiger charge is 2.12. The minimum Gasteiger partial charge on any atom is -0.189 e. The first kappa shape index (κ1) is 7.68. The molecule has 1 aromatic rings. The van der Waals surface area contributed by atoms with Crippen molar-refractivity contribution in [2.24, 2.45) is 0 Å². The second-order valence-electron chi connectivity index (χ2n) is 1.83. The summed E-state index contributed by atoms with van der Waals surface area (Å²) in [5, 5.41) is 1.28. The molecule has 0 radical (unpaired) electrons. The quantitative estimate of drug-likeness (QED) is 0.616. The fraction of sp³-hybridized carbons (Fsp3) is 0.200. The number of rotatable bonds is 1. The van der Waals surface area contributed by atoms with Crippen molar-refractivity contribution in [1.29, 1.82) is 0 Å². The van der Waals surface area contributed by atoms with Crippen LogP contribution in [0.5, 0.6) is 0 Å². The Labute approximate surface area is 62.5 Å². The molecule has 0 N–H and O–H groups in total. The Kier molecular flexibility index (Phi) is 1.78. The predicted molar refractivity (Wildman–Crippen MR) is 37.3 cm³/mol. The van der Waals surface area contributed by atoms with Crippen LogP contribution in [0.25, 0.3) is 0 Å². The fourth-order valence-corrected chi connectivity index (χ4v) is 2.11. The molecule has 2 nitrogen and oxygen atoms in total. The van der Waals surface area contributed by atoms with Gasteiger partial charge in [-0.15, -0.1) is 15.2 Å². The molecule has 0 aliphatic rings. The van der Waals surface area contributed by atoms with Gasteiger partial charge in [0.2, 0.25) is 0 Å². The van der Waals surface area contributed by atoms with Crippen LogP contribution in [0, 0.1) is 6.92 Å². The fourth-order valence-electron chi connectivity index (χ4n) is 0.547. The lowest BCUT2D eigenvalue weighted by Gasteiger charge is -1.82. The zero-order valence-electron chi connectivity index (χ0n) is 5.17. The number of aryl methyl sites for hydroxylation is 1. The Bertz CT molecular complexity index is 325. The van der Waals surface area contributed by atoms with Crippen molar-refractivity contribution in [3.63, 3.8) is 0 Å². The molecule has 0 bridgehead atoms. The van der Waals surface area contributed by atoms with Gasteiger partial charge in [-0.1, -0.05) is 0 Å². The highest BCUT2D eigenvalue weighted by Crippen LogP contribution is 2.19. The number of thiophene rings is 1. The summed E-state index contributed by atoms with van der Waals surface area (Å²) in [4.78, 5) is 0.547. The Morgan fingerprint density at radius 1 is 1.60 bits per heavy atom. The van der Waals surface area contributed by atoms with Gasteiger partial charge in [-0.2, -0.15) is 8.42 Å². The van der Waals surface area contributed by atoms with Crippen molar-refractivity contribution in [3.8, 4) is 0 Å². The summed E-state index contributed by atoms with van der Waals surface area (Å²) in [7, 11) is -4.47. The van der Waals surface area contributed by atoms with Crippen molar-refractivity contribution < 1.29 is 12.3 Å². The maximum Gasteiger partial charge on any atom is 0.332 e. The molecule has 0 aliphatic carbocycles. The van der Waals surface area contributed by atoms with Gasteiger partial charge in [0, 0.05) is 10.3 Å². The van der Waals surface area contributed by atoms with E-state index in [4.69, 9.17) is 0 Å². The molecule has 0 unspecified atom stereocenters. The summed E-state index contributed by atoms with van der Waals surface area (Å²) < 4.78 is 32.5. The second kappa shape index (κ2) is 2.32. The molecule has 0 aliphatic heterocycles. The van der Waals surface area contributed by atoms with Crippen molar-refractivity contribution in [2.45, 2.75) is 11.8 Å². The van der Waals surface area contributed by atoms with E-state index in [0.717, 1.165) is 4.88 Å². The van der Waals surface area contributed by atoms with Crippen molar-refractivity contribution in [1.82, 2.24) is 0 Å². The van der Waals surface area contributed by atoms with Crippen molar-refractivity contribution in [2.75, 3.05) is 0 Å². The second-order valence-corrected chi connectivity index (χ2v) is 4.29. The molecule has 0 saturated carbocycles. The molecule has 1 rings (SSSR count). The van der Waals surface area contributed by atoms with Crippen LogP contribution in [0.2, 0.25) is 0 Å². The van der Waals surface area contributed by atoms with E-state index in [1.165, 1.54) is 22.8 Å². The summed E-state index contributed by atoms with van der Waals surface area (Å²) in [5.41, 5.74) is 0. The van der Waals surface area contributed by atoms with Gasteiger partial charge in [-0.3, -0.25) is 0 Å². The normalized spacial score (nSPS) is 11.8. The van der Waals surface area contributed by atoms with Crippen LogP contribution in [0.3, 0.4) is 0 Å². The van der Waals surface area contributed by atoms with E-state index in [9.17, 15) is 12.3 Å². The van der Waals surface area contributed by atoms with E-state index >= 15 is 0 Å². The molecule has 0 saturated heterocycles. The molecule has 10 heavy (non-hydrogen) atoms. The molecular weight excluding hydrogens is 175 g/mol. The first-order valence-corrected chi connectivity index (χ1v) is 4.76. The third kappa shape index (κ3) is 1.54. The summed E-state index contributed by atoms with van der Waals surface area (Å²) >= 11 is 1.21. The lowest BCUT2D eigenvalue weighted by atomic mass is 10.5. The van der Waals surface area contributed by atoms with Gasteiger partial charge in [0.25, 0.3) is 0 Å². The standard InChI is InChI=1S/C5H5FO2S2/c1-4-2-5(3-9-4)10(6,7)8/h2-3H,1H3. The molecular formula is C5H5FO2S2. The van der Waals surface area contributed by atoms with Crippen LogP contribution >= 0.6 is 11.3 Å². The topological polar surface area (TPSA) is 34.1 Å². The van der Waals surface area contributed by atoms with E-state index in [0.29, 0.717) is 0 Å². The minimum absolute atomic E-state index is 0.241. The van der Waals surface area contributed by atoms with Crippen molar-refractivity contribution in [3.05, 3.63) is 16.3 Å². The van der Waals surface area contributed by atoms with Gasteiger partial charge in [0.1, 0.15) is 4.90 Å². The van der Waals surface area contributed by atoms with Crippen LogP contribution in [-0.2, 0) is 10.2 Å². The number of hydrogen-bond donors (Lipinski definition) is 0. The van der Waals surface area contributed by atoms with Gasteiger partial charge in [0.15, 0.2) is 0 Å². The third-order valence-electron chi connectivity index (χ3n) is 0.988. The predicted octanol–water partition coefficient (Wildman–Crippen LogP) is 1.71. The molecule has 0 atom stereocenters. The number of halogens is 1. The first-order chi connectivity index (χ1) is 4.50. The molecule has 0 fully saturated rings. The van der Waals surface area contributed by atoms with Crippen LogP contribution in [0.4, 0.5) is 3.89 Å². The van der Waals surface area contributed by atoms with Crippen LogP contribution in [0.15, 0.2) is 16.3 Å². The molecule has 1 heterocycles. The van der Waals surface area contributed by atoms with Gasteiger partial charge >= 0.3 is 10.2 Å². The van der Waals surface area contributed by atoms with Gasteiger partial charge in [-0.05, 0) is 13.0 Å². The minimum atomic E-state index is -4.47. The lowest BCUT2D eigenvalue weighted by Crippen LogP contribution is -1.86. The van der Waals surface area contributed by atoms with Crippen LogP contribution in [-0.4, -0.2) is 8.42 Å². The van der Waals surface area contributed by atoms with E-state index in [2.05, 4.69) is 0 Å². The van der Waals surface area contributed by atoms with Gasteiger partial charge in [0.05, 0.1) is 0 Å². The number of hydrogen-bond acceptors (Lipinski definition) is 3. The Hall–Kier alpha value is -0.420. The van der Waals surface area contributed by atoms with Gasteiger partial charge in [-0.25, -0.2) is 0 Å². The molecule has 5 heteroatoms. The van der Waals surface area contributed by atoms with E-state index in [1.54, 1.807) is 6.92 Å². The monoisotopic (exact) mass is 180 g/mol. The van der Waals surface area contributed by atoms with Crippen LogP contribution in [0.1, 0.15) is 4.88 Å². The Morgan fingerprint density at radius 3 is 2.40 bits per heavy atom. The first-order valence-electron chi connectivity index (χ1n) is 2.50. The van der Waals surface area contributed by atoms with E-state index in [1.807, 2.05) is 0 Å². The zero-order chi connectivity index (χ0) is 7.78. The Morgan fingerprint density at radius 2 is 2.20 bits per heavy atom. The average molecular weight is 180 g/mol. The average Bonchev–Trinajstić information content (AvgIpc) is 2.11. The van der Waals surface area contributed by atoms with Crippen molar-refractivity contribution >= 4 is 21.6 Å². The molecule has 1 aromatic heterocycles. The highest BCUT2D eigenvalue weighted by atomic mass is 32.3. The maximum atomic E-state index is 12.1.